The molecule has 1 amide bonds. The van der Waals surface area contributed by atoms with Crippen molar-refractivity contribution in [2.24, 2.45) is 0 Å². The standard InChI is InChI=1S/C15H11F3N6O3/c1-8-2-3-9(4-19-8)7-26-14(25)22-10-5-20-11(21-6-10)12-23-13(27-24-12)15(16,17)18/h2-6H,7H2,1H3,(H,22,25). The van der Waals surface area contributed by atoms with E-state index in [-0.39, 0.29) is 18.1 Å². The highest BCUT2D eigenvalue weighted by Gasteiger charge is 2.38. The zero-order valence-electron chi connectivity index (χ0n) is 13.7. The molecule has 0 fully saturated rings. The maximum absolute atomic E-state index is 12.4. The molecule has 0 atom stereocenters. The van der Waals surface area contributed by atoms with E-state index >= 15 is 0 Å². The van der Waals surface area contributed by atoms with E-state index in [1.165, 1.54) is 12.4 Å². The lowest BCUT2D eigenvalue weighted by molar-refractivity contribution is -0.159. The summed E-state index contributed by atoms with van der Waals surface area (Å²) in [6, 6.07) is 3.55. The van der Waals surface area contributed by atoms with Crippen LogP contribution in [0.1, 0.15) is 17.1 Å². The molecule has 3 rings (SSSR count). The van der Waals surface area contributed by atoms with Crippen LogP contribution < -0.4 is 5.32 Å². The lowest BCUT2D eigenvalue weighted by Gasteiger charge is -2.06. The monoisotopic (exact) mass is 380 g/mol. The van der Waals surface area contributed by atoms with E-state index in [4.69, 9.17) is 4.74 Å². The third-order valence-electron chi connectivity index (χ3n) is 3.11. The predicted octanol–water partition coefficient (Wildman–Crippen LogP) is 3.00. The normalized spacial score (nSPS) is 11.3. The summed E-state index contributed by atoms with van der Waals surface area (Å²) in [4.78, 5) is 26.6. The molecular weight excluding hydrogens is 369 g/mol. The topological polar surface area (TPSA) is 116 Å². The number of rotatable bonds is 4. The van der Waals surface area contributed by atoms with E-state index in [9.17, 15) is 18.0 Å². The van der Waals surface area contributed by atoms with Gasteiger partial charge in [0.1, 0.15) is 6.61 Å². The number of carbonyl (C=O) groups excluding carboxylic acids is 1. The summed E-state index contributed by atoms with van der Waals surface area (Å²) < 4.78 is 46.4. The molecule has 12 heteroatoms. The van der Waals surface area contributed by atoms with Crippen LogP contribution in [0.2, 0.25) is 0 Å². The van der Waals surface area contributed by atoms with Crippen LogP contribution in [-0.2, 0) is 17.5 Å². The molecule has 0 saturated heterocycles. The number of amides is 1. The number of carbonyl (C=O) groups is 1. The molecule has 0 aromatic carbocycles. The number of aromatic nitrogens is 5. The molecule has 9 nitrogen and oxygen atoms in total. The van der Waals surface area contributed by atoms with Gasteiger partial charge < -0.3 is 9.26 Å². The Labute approximate surface area is 149 Å². The lowest BCUT2D eigenvalue weighted by Crippen LogP contribution is -2.14. The summed E-state index contributed by atoms with van der Waals surface area (Å²) in [5.41, 5.74) is 1.72. The second-order valence-electron chi connectivity index (χ2n) is 5.23. The minimum absolute atomic E-state index is 0.0150. The van der Waals surface area contributed by atoms with Crippen molar-refractivity contribution in [3.05, 3.63) is 47.9 Å². The number of ether oxygens (including phenoxy) is 1. The van der Waals surface area contributed by atoms with E-state index in [0.717, 1.165) is 5.69 Å². The number of anilines is 1. The molecular formula is C15H11F3N6O3. The maximum Gasteiger partial charge on any atom is 0.471 e. The smallest absolute Gasteiger partial charge is 0.444 e. The first-order valence-corrected chi connectivity index (χ1v) is 7.40. The lowest BCUT2D eigenvalue weighted by atomic mass is 10.3. The third-order valence-corrected chi connectivity index (χ3v) is 3.11. The molecule has 1 N–H and O–H groups in total. The van der Waals surface area contributed by atoms with Gasteiger partial charge in [-0.1, -0.05) is 11.2 Å². The van der Waals surface area contributed by atoms with E-state index < -0.39 is 24.0 Å². The van der Waals surface area contributed by atoms with Crippen molar-refractivity contribution < 1.29 is 27.2 Å². The van der Waals surface area contributed by atoms with E-state index in [0.29, 0.717) is 5.56 Å². The summed E-state index contributed by atoms with van der Waals surface area (Å²) >= 11 is 0. The summed E-state index contributed by atoms with van der Waals surface area (Å²) in [6.45, 7) is 1.85. The molecule has 0 radical (unpaired) electrons. The Morgan fingerprint density at radius 1 is 1.15 bits per heavy atom. The summed E-state index contributed by atoms with van der Waals surface area (Å²) in [5.74, 6) is -2.13. The van der Waals surface area contributed by atoms with E-state index in [2.05, 4.69) is 34.9 Å². The maximum atomic E-state index is 12.4. The Morgan fingerprint density at radius 3 is 2.48 bits per heavy atom. The second-order valence-corrected chi connectivity index (χ2v) is 5.23. The number of nitrogens with one attached hydrogen (secondary N) is 1. The van der Waals surface area contributed by atoms with Gasteiger partial charge in [-0.05, 0) is 13.0 Å². The average Bonchev–Trinajstić information content (AvgIpc) is 3.12. The molecule has 0 aliphatic carbocycles. The Morgan fingerprint density at radius 2 is 1.89 bits per heavy atom. The van der Waals surface area contributed by atoms with Crippen LogP contribution in [0.5, 0.6) is 0 Å². The van der Waals surface area contributed by atoms with Gasteiger partial charge in [0.05, 0.1) is 18.1 Å². The SMILES string of the molecule is Cc1ccc(COC(=O)Nc2cnc(-c3noc(C(F)(F)F)n3)nc2)cn1. The highest BCUT2D eigenvalue weighted by atomic mass is 19.4. The summed E-state index contributed by atoms with van der Waals surface area (Å²) in [5, 5.41) is 5.54. The van der Waals surface area contributed by atoms with Gasteiger partial charge in [0.25, 0.3) is 0 Å². The van der Waals surface area contributed by atoms with Crippen LogP contribution in [0.4, 0.5) is 23.7 Å². The highest BCUT2D eigenvalue weighted by molar-refractivity contribution is 5.84. The van der Waals surface area contributed by atoms with Gasteiger partial charge in [-0.25, -0.2) is 14.8 Å². The first kappa shape index (κ1) is 18.2. The number of pyridine rings is 1. The number of aryl methyl sites for hydroxylation is 1. The minimum atomic E-state index is -4.76. The first-order chi connectivity index (χ1) is 12.8. The Hall–Kier alpha value is -3.57. The molecule has 0 bridgehead atoms. The molecule has 0 spiro atoms. The van der Waals surface area contributed by atoms with Crippen molar-refractivity contribution in [3.8, 4) is 11.6 Å². The minimum Gasteiger partial charge on any atom is -0.444 e. The zero-order valence-corrected chi connectivity index (χ0v) is 13.7. The molecule has 140 valence electrons. The van der Waals surface area contributed by atoms with Gasteiger partial charge in [0.15, 0.2) is 0 Å². The number of nitrogens with zero attached hydrogens (tertiary/aromatic N) is 5. The van der Waals surface area contributed by atoms with Crippen LogP contribution in [-0.4, -0.2) is 31.2 Å². The molecule has 0 aliphatic heterocycles. The van der Waals surface area contributed by atoms with Gasteiger partial charge in [0.2, 0.25) is 11.6 Å². The Kier molecular flexibility index (Phi) is 4.96. The highest BCUT2D eigenvalue weighted by Crippen LogP contribution is 2.28. The van der Waals surface area contributed by atoms with E-state index in [1.54, 1.807) is 18.3 Å². The van der Waals surface area contributed by atoms with Crippen LogP contribution in [0.3, 0.4) is 0 Å². The van der Waals surface area contributed by atoms with Gasteiger partial charge in [-0.2, -0.15) is 18.2 Å². The van der Waals surface area contributed by atoms with Gasteiger partial charge >= 0.3 is 18.2 Å². The van der Waals surface area contributed by atoms with Crippen LogP contribution in [0, 0.1) is 6.92 Å². The first-order valence-electron chi connectivity index (χ1n) is 7.40. The molecule has 3 aromatic heterocycles. The fourth-order valence-corrected chi connectivity index (χ4v) is 1.82. The second kappa shape index (κ2) is 7.35. The van der Waals surface area contributed by atoms with Crippen LogP contribution in [0.25, 0.3) is 11.6 Å². The molecule has 0 aliphatic rings. The number of hydrogen-bond donors (Lipinski definition) is 1. The number of halogens is 3. The Balaban J connectivity index is 1.57. The van der Waals surface area contributed by atoms with Crippen molar-refractivity contribution >= 4 is 11.8 Å². The molecule has 27 heavy (non-hydrogen) atoms. The van der Waals surface area contributed by atoms with E-state index in [1.807, 2.05) is 6.92 Å². The van der Waals surface area contributed by atoms with Gasteiger partial charge in [-0.15, -0.1) is 0 Å². The third kappa shape index (κ3) is 4.74. The van der Waals surface area contributed by atoms with Crippen molar-refractivity contribution in [2.75, 3.05) is 5.32 Å². The molecule has 0 saturated carbocycles. The number of hydrogen-bond acceptors (Lipinski definition) is 8. The molecule has 3 heterocycles. The van der Waals surface area contributed by atoms with Crippen LogP contribution >= 0.6 is 0 Å². The average molecular weight is 380 g/mol. The number of alkyl halides is 3. The van der Waals surface area contributed by atoms with Gasteiger partial charge in [-0.3, -0.25) is 10.3 Å². The van der Waals surface area contributed by atoms with Crippen LogP contribution in [0.15, 0.2) is 35.2 Å². The molecule has 0 unspecified atom stereocenters. The fourth-order valence-electron chi connectivity index (χ4n) is 1.82. The van der Waals surface area contributed by atoms with Crippen molar-refractivity contribution in [2.45, 2.75) is 19.7 Å². The fraction of sp³-hybridized carbons (Fsp3) is 0.200. The quantitative estimate of drug-likeness (QED) is 0.734. The summed E-state index contributed by atoms with van der Waals surface area (Å²) in [6.07, 6.45) is -1.60. The van der Waals surface area contributed by atoms with Crippen molar-refractivity contribution in [1.82, 2.24) is 25.1 Å². The predicted molar refractivity (Wildman–Crippen MR) is 83.1 cm³/mol. The van der Waals surface area contributed by atoms with Crippen molar-refractivity contribution in [1.29, 1.82) is 0 Å². The zero-order chi connectivity index (χ0) is 19.4. The largest absolute Gasteiger partial charge is 0.471 e. The Bertz CT molecular complexity index is 925. The van der Waals surface area contributed by atoms with Gasteiger partial charge in [0, 0.05) is 17.5 Å². The summed E-state index contributed by atoms with van der Waals surface area (Å²) in [7, 11) is 0. The van der Waals surface area contributed by atoms with Crippen molar-refractivity contribution in [3.63, 3.8) is 0 Å². The molecule has 3 aromatic rings.